The monoisotopic (exact) mass is 241 g/mol. The molecule has 1 aromatic rings. The lowest BCUT2D eigenvalue weighted by Gasteiger charge is -2.34. The van der Waals surface area contributed by atoms with E-state index in [9.17, 15) is 4.79 Å². The van der Waals surface area contributed by atoms with E-state index in [1.54, 1.807) is 0 Å². The number of hydrogen-bond acceptors (Lipinski definition) is 2. The van der Waals surface area contributed by atoms with Crippen LogP contribution in [-0.2, 0) is 4.79 Å². The second-order valence-electron chi connectivity index (χ2n) is 6.10. The average Bonchev–Trinajstić information content (AvgIpc) is 3.12. The summed E-state index contributed by atoms with van der Waals surface area (Å²) in [6, 6.07) is 12.7. The third-order valence-corrected chi connectivity index (χ3v) is 4.97. The largest absolute Gasteiger partial charge is 0.300 e. The third-order valence-electron chi connectivity index (χ3n) is 4.97. The van der Waals surface area contributed by atoms with Crippen LogP contribution in [-0.4, -0.2) is 28.8 Å². The van der Waals surface area contributed by atoms with E-state index in [1.165, 1.54) is 24.8 Å². The van der Waals surface area contributed by atoms with E-state index in [0.717, 1.165) is 24.8 Å². The molecule has 1 saturated carbocycles. The first-order valence-corrected chi connectivity index (χ1v) is 7.17. The van der Waals surface area contributed by atoms with Crippen LogP contribution >= 0.6 is 0 Å². The summed E-state index contributed by atoms with van der Waals surface area (Å²) in [5.74, 6) is 1.22. The van der Waals surface area contributed by atoms with Crippen molar-refractivity contribution < 1.29 is 4.79 Å². The number of carbonyl (C=O) groups is 1. The van der Waals surface area contributed by atoms with Gasteiger partial charge in [0.05, 0.1) is 0 Å². The Hall–Kier alpha value is -1.15. The Morgan fingerprint density at radius 2 is 1.67 bits per heavy atom. The molecule has 94 valence electrons. The molecule has 2 aliphatic heterocycles. The van der Waals surface area contributed by atoms with Crippen molar-refractivity contribution in [3.63, 3.8) is 0 Å². The predicted molar refractivity (Wildman–Crippen MR) is 70.5 cm³/mol. The Labute approximate surface area is 108 Å². The van der Waals surface area contributed by atoms with Gasteiger partial charge in [-0.15, -0.1) is 0 Å². The molecule has 0 amide bonds. The topological polar surface area (TPSA) is 20.3 Å². The lowest BCUT2D eigenvalue weighted by Crippen LogP contribution is -2.44. The first-order chi connectivity index (χ1) is 8.83. The Kier molecular flexibility index (Phi) is 2.34. The Morgan fingerprint density at radius 3 is 2.33 bits per heavy atom. The SMILES string of the molecule is O=C1CC2CCC(C1)N2C1CC1c1ccccc1. The molecule has 0 radical (unpaired) electrons. The molecule has 18 heavy (non-hydrogen) atoms. The van der Waals surface area contributed by atoms with Crippen molar-refractivity contribution >= 4 is 5.78 Å². The van der Waals surface area contributed by atoms with Crippen molar-refractivity contribution in [1.82, 2.24) is 4.90 Å². The zero-order chi connectivity index (χ0) is 12.1. The third kappa shape index (κ3) is 1.63. The van der Waals surface area contributed by atoms with Crippen LogP contribution in [0.2, 0.25) is 0 Å². The highest BCUT2D eigenvalue weighted by molar-refractivity contribution is 5.81. The Balaban J connectivity index is 1.52. The maximum Gasteiger partial charge on any atom is 0.136 e. The van der Waals surface area contributed by atoms with Gasteiger partial charge in [0.15, 0.2) is 0 Å². The van der Waals surface area contributed by atoms with E-state index in [-0.39, 0.29) is 0 Å². The summed E-state index contributed by atoms with van der Waals surface area (Å²) in [4.78, 5) is 14.3. The zero-order valence-electron chi connectivity index (χ0n) is 10.6. The number of hydrogen-bond donors (Lipinski definition) is 0. The summed E-state index contributed by atoms with van der Waals surface area (Å²) in [6.07, 6.45) is 5.41. The van der Waals surface area contributed by atoms with E-state index in [2.05, 4.69) is 35.2 Å². The number of benzene rings is 1. The number of piperidine rings is 1. The van der Waals surface area contributed by atoms with Gasteiger partial charge in [-0.3, -0.25) is 9.69 Å². The van der Waals surface area contributed by atoms with Gasteiger partial charge in [-0.2, -0.15) is 0 Å². The molecule has 3 fully saturated rings. The molecule has 4 rings (SSSR count). The molecule has 4 unspecified atom stereocenters. The second-order valence-corrected chi connectivity index (χ2v) is 6.10. The molecule has 4 atom stereocenters. The fourth-order valence-electron chi connectivity index (χ4n) is 4.12. The van der Waals surface area contributed by atoms with Gasteiger partial charge in [-0.1, -0.05) is 30.3 Å². The summed E-state index contributed by atoms with van der Waals surface area (Å²) in [6.45, 7) is 0. The second kappa shape index (κ2) is 3.92. The molecule has 0 aromatic heterocycles. The van der Waals surface area contributed by atoms with Crippen LogP contribution in [0, 0.1) is 0 Å². The van der Waals surface area contributed by atoms with Crippen LogP contribution in [0.3, 0.4) is 0 Å². The van der Waals surface area contributed by atoms with Crippen LogP contribution < -0.4 is 0 Å². The first-order valence-electron chi connectivity index (χ1n) is 7.17. The number of ketones is 1. The number of fused-ring (bicyclic) bond motifs is 2. The van der Waals surface area contributed by atoms with E-state index >= 15 is 0 Å². The molecule has 3 aliphatic rings. The highest BCUT2D eigenvalue weighted by Crippen LogP contribution is 2.50. The number of carbonyl (C=O) groups excluding carboxylic acids is 1. The standard InChI is InChI=1S/C16H19NO/c18-14-8-12-6-7-13(9-14)17(12)16-10-15(16)11-4-2-1-3-5-11/h1-5,12-13,15-16H,6-10H2. The molecule has 2 nitrogen and oxygen atoms in total. The van der Waals surface area contributed by atoms with Gasteiger partial charge in [-0.05, 0) is 24.8 Å². The summed E-state index contributed by atoms with van der Waals surface area (Å²) >= 11 is 0. The highest BCUT2D eigenvalue weighted by Gasteiger charge is 2.52. The lowest BCUT2D eigenvalue weighted by molar-refractivity contribution is -0.123. The number of nitrogens with zero attached hydrogens (tertiary/aromatic N) is 1. The normalized spacial score (nSPS) is 39.0. The maximum absolute atomic E-state index is 11.6. The van der Waals surface area contributed by atoms with Gasteiger partial charge in [0.1, 0.15) is 5.78 Å². The summed E-state index contributed by atoms with van der Waals surface area (Å²) in [5, 5.41) is 0. The van der Waals surface area contributed by atoms with E-state index < -0.39 is 0 Å². The van der Waals surface area contributed by atoms with Gasteiger partial charge >= 0.3 is 0 Å². The smallest absolute Gasteiger partial charge is 0.136 e. The Morgan fingerprint density at radius 1 is 1.00 bits per heavy atom. The molecule has 2 saturated heterocycles. The fraction of sp³-hybridized carbons (Fsp3) is 0.562. The highest BCUT2D eigenvalue weighted by atomic mass is 16.1. The van der Waals surface area contributed by atoms with E-state index in [1.807, 2.05) is 0 Å². The molecular weight excluding hydrogens is 222 g/mol. The summed E-state index contributed by atoms with van der Waals surface area (Å²) in [5.41, 5.74) is 1.49. The van der Waals surface area contributed by atoms with Crippen LogP contribution in [0.25, 0.3) is 0 Å². The van der Waals surface area contributed by atoms with Crippen molar-refractivity contribution in [2.24, 2.45) is 0 Å². The van der Waals surface area contributed by atoms with Crippen LogP contribution in [0.4, 0.5) is 0 Å². The summed E-state index contributed by atoms with van der Waals surface area (Å²) < 4.78 is 0. The van der Waals surface area contributed by atoms with Crippen molar-refractivity contribution in [2.45, 2.75) is 56.1 Å². The zero-order valence-corrected chi connectivity index (χ0v) is 10.6. The minimum atomic E-state index is 0.496. The molecule has 1 aromatic carbocycles. The van der Waals surface area contributed by atoms with Crippen LogP contribution in [0.15, 0.2) is 30.3 Å². The van der Waals surface area contributed by atoms with Gasteiger partial charge in [0, 0.05) is 36.9 Å². The molecule has 2 heteroatoms. The minimum absolute atomic E-state index is 0.496. The minimum Gasteiger partial charge on any atom is -0.300 e. The van der Waals surface area contributed by atoms with Gasteiger partial charge in [0.25, 0.3) is 0 Å². The van der Waals surface area contributed by atoms with E-state index in [4.69, 9.17) is 0 Å². The molecule has 2 bridgehead atoms. The van der Waals surface area contributed by atoms with Gasteiger partial charge < -0.3 is 0 Å². The first kappa shape index (κ1) is 10.7. The predicted octanol–water partition coefficient (Wildman–Crippen LogP) is 2.74. The van der Waals surface area contributed by atoms with Crippen molar-refractivity contribution in [3.05, 3.63) is 35.9 Å². The lowest BCUT2D eigenvalue weighted by atomic mass is 10.0. The van der Waals surface area contributed by atoms with Crippen LogP contribution in [0.1, 0.15) is 43.6 Å². The maximum atomic E-state index is 11.6. The molecule has 1 aliphatic carbocycles. The quantitative estimate of drug-likeness (QED) is 0.793. The van der Waals surface area contributed by atoms with Crippen molar-refractivity contribution in [3.8, 4) is 0 Å². The van der Waals surface area contributed by atoms with Gasteiger partial charge in [0.2, 0.25) is 0 Å². The average molecular weight is 241 g/mol. The van der Waals surface area contributed by atoms with Gasteiger partial charge in [-0.25, -0.2) is 0 Å². The molecule has 0 spiro atoms. The molecule has 0 N–H and O–H groups in total. The van der Waals surface area contributed by atoms with Crippen LogP contribution in [0.5, 0.6) is 0 Å². The molecular formula is C16H19NO. The number of rotatable bonds is 2. The van der Waals surface area contributed by atoms with Crippen molar-refractivity contribution in [2.75, 3.05) is 0 Å². The Bertz CT molecular complexity index is 453. The van der Waals surface area contributed by atoms with Crippen molar-refractivity contribution in [1.29, 1.82) is 0 Å². The number of Topliss-reactive ketones (excluding diaryl/α,β-unsaturated/α-hetero) is 1. The molecule has 2 heterocycles. The van der Waals surface area contributed by atoms with E-state index in [0.29, 0.717) is 17.9 Å². The fourth-order valence-corrected chi connectivity index (χ4v) is 4.12. The summed E-state index contributed by atoms with van der Waals surface area (Å²) in [7, 11) is 0.